The molecule has 3 N–H and O–H groups in total. The molecule has 2 saturated heterocycles. The molecule has 2 amide bonds. The van der Waals surface area contributed by atoms with E-state index in [0.29, 0.717) is 38.4 Å². The molecular formula is C18H27Cl2FN4O3. The van der Waals surface area contributed by atoms with Crippen molar-refractivity contribution in [3.05, 3.63) is 30.1 Å². The minimum Gasteiger partial charge on any atom is -0.364 e. The third-order valence-corrected chi connectivity index (χ3v) is 4.83. The molecule has 0 aromatic heterocycles. The van der Waals surface area contributed by atoms with Crippen molar-refractivity contribution in [2.45, 2.75) is 25.0 Å². The Hall–Kier alpha value is -1.45. The van der Waals surface area contributed by atoms with Crippen LogP contribution in [0.1, 0.15) is 12.8 Å². The predicted molar refractivity (Wildman–Crippen MR) is 109 cm³/mol. The second-order valence-corrected chi connectivity index (χ2v) is 6.72. The van der Waals surface area contributed by atoms with Gasteiger partial charge in [-0.2, -0.15) is 0 Å². The van der Waals surface area contributed by atoms with Crippen LogP contribution >= 0.6 is 24.8 Å². The summed E-state index contributed by atoms with van der Waals surface area (Å²) in [6.07, 6.45) is 1.16. The number of benzene rings is 1. The number of amides is 2. The Morgan fingerprint density at radius 2 is 1.75 bits per heavy atom. The minimum absolute atomic E-state index is 0. The van der Waals surface area contributed by atoms with Crippen molar-refractivity contribution >= 4 is 42.3 Å². The molecule has 158 valence electrons. The van der Waals surface area contributed by atoms with Gasteiger partial charge in [-0.1, -0.05) is 0 Å². The SMILES string of the molecule is Cl.Cl.NC[C@H]1CC[C@@H](C(=O)N2CCN(CC(=O)Nc3ccc(F)cc3)CC2)O1. The quantitative estimate of drug-likeness (QED) is 0.725. The highest BCUT2D eigenvalue weighted by atomic mass is 35.5. The van der Waals surface area contributed by atoms with Crippen molar-refractivity contribution < 1.29 is 18.7 Å². The van der Waals surface area contributed by atoms with E-state index in [1.54, 1.807) is 4.90 Å². The second kappa shape index (κ2) is 11.5. The number of nitrogens with one attached hydrogen (secondary N) is 1. The number of carbonyl (C=O) groups is 2. The fraction of sp³-hybridized carbons (Fsp3) is 0.556. The van der Waals surface area contributed by atoms with Crippen LogP contribution in [-0.2, 0) is 14.3 Å². The van der Waals surface area contributed by atoms with Crippen LogP contribution in [0.2, 0.25) is 0 Å². The molecule has 0 bridgehead atoms. The van der Waals surface area contributed by atoms with E-state index >= 15 is 0 Å². The molecule has 1 aromatic carbocycles. The molecule has 2 aliphatic rings. The molecule has 7 nitrogen and oxygen atoms in total. The number of halogens is 3. The first kappa shape index (κ1) is 24.6. The van der Waals surface area contributed by atoms with E-state index in [2.05, 4.69) is 5.32 Å². The van der Waals surface area contributed by atoms with Gasteiger partial charge in [0, 0.05) is 38.4 Å². The van der Waals surface area contributed by atoms with Crippen LogP contribution < -0.4 is 11.1 Å². The Bertz CT molecular complexity index is 642. The first-order valence-corrected chi connectivity index (χ1v) is 8.97. The number of carbonyl (C=O) groups excluding carboxylic acids is 2. The maximum absolute atomic E-state index is 12.9. The smallest absolute Gasteiger partial charge is 0.251 e. The summed E-state index contributed by atoms with van der Waals surface area (Å²) in [6, 6.07) is 5.67. The Labute approximate surface area is 176 Å². The average Bonchev–Trinajstić information content (AvgIpc) is 3.13. The van der Waals surface area contributed by atoms with Crippen LogP contribution in [0.4, 0.5) is 10.1 Å². The first-order chi connectivity index (χ1) is 12.5. The molecular weight excluding hydrogens is 410 g/mol. The van der Waals surface area contributed by atoms with E-state index < -0.39 is 0 Å². The van der Waals surface area contributed by atoms with Gasteiger partial charge in [0.05, 0.1) is 12.6 Å². The van der Waals surface area contributed by atoms with Gasteiger partial charge < -0.3 is 20.7 Å². The highest BCUT2D eigenvalue weighted by Gasteiger charge is 2.34. The van der Waals surface area contributed by atoms with Gasteiger partial charge in [-0.25, -0.2) is 4.39 Å². The fourth-order valence-electron chi connectivity index (χ4n) is 3.33. The number of rotatable bonds is 5. The van der Waals surface area contributed by atoms with E-state index in [0.717, 1.165) is 12.8 Å². The van der Waals surface area contributed by atoms with Crippen LogP contribution in [0, 0.1) is 5.82 Å². The summed E-state index contributed by atoms with van der Waals surface area (Å²) in [5.74, 6) is -0.467. The molecule has 10 heteroatoms. The van der Waals surface area contributed by atoms with Crippen molar-refractivity contribution in [1.29, 1.82) is 0 Å². The van der Waals surface area contributed by atoms with Gasteiger partial charge in [-0.3, -0.25) is 14.5 Å². The number of hydrogen-bond acceptors (Lipinski definition) is 5. The Balaban J connectivity index is 0.00000196. The standard InChI is InChI=1S/C18H25FN4O3.2ClH/c19-13-1-3-14(4-2-13)21-17(24)12-22-7-9-23(10-8-22)18(25)16-6-5-15(11-20)26-16;;/h1-4,15-16H,5-12,20H2,(H,21,24);2*1H/t15-,16+;;/m1../s1. The summed E-state index contributed by atoms with van der Waals surface area (Å²) in [6.45, 7) is 3.12. The molecule has 3 rings (SSSR count). The lowest BCUT2D eigenvalue weighted by molar-refractivity contribution is -0.144. The molecule has 2 aliphatic heterocycles. The summed E-state index contributed by atoms with van der Waals surface area (Å²) in [5, 5.41) is 2.75. The first-order valence-electron chi connectivity index (χ1n) is 8.97. The normalized spacial score (nSPS) is 22.1. The maximum Gasteiger partial charge on any atom is 0.251 e. The highest BCUT2D eigenvalue weighted by Crippen LogP contribution is 2.21. The van der Waals surface area contributed by atoms with Gasteiger partial charge in [-0.15, -0.1) is 24.8 Å². The van der Waals surface area contributed by atoms with Gasteiger partial charge in [0.2, 0.25) is 5.91 Å². The molecule has 2 fully saturated rings. The Morgan fingerprint density at radius 1 is 1.11 bits per heavy atom. The molecule has 0 aliphatic carbocycles. The molecule has 0 spiro atoms. The zero-order chi connectivity index (χ0) is 18.5. The lowest BCUT2D eigenvalue weighted by Crippen LogP contribution is -2.52. The van der Waals surface area contributed by atoms with E-state index in [4.69, 9.17) is 10.5 Å². The van der Waals surface area contributed by atoms with Crippen molar-refractivity contribution in [3.63, 3.8) is 0 Å². The number of anilines is 1. The van der Waals surface area contributed by atoms with Crippen LogP contribution in [0.5, 0.6) is 0 Å². The molecule has 28 heavy (non-hydrogen) atoms. The van der Waals surface area contributed by atoms with E-state index in [-0.39, 0.29) is 61.2 Å². The highest BCUT2D eigenvalue weighted by molar-refractivity contribution is 5.92. The summed E-state index contributed by atoms with van der Waals surface area (Å²) in [7, 11) is 0. The fourth-order valence-corrected chi connectivity index (χ4v) is 3.33. The van der Waals surface area contributed by atoms with Crippen molar-refractivity contribution in [2.24, 2.45) is 5.73 Å². The molecule has 0 unspecified atom stereocenters. The van der Waals surface area contributed by atoms with Crippen LogP contribution in [0.15, 0.2) is 24.3 Å². The second-order valence-electron chi connectivity index (χ2n) is 6.72. The number of hydrogen-bond donors (Lipinski definition) is 2. The predicted octanol–water partition coefficient (Wildman–Crippen LogP) is 1.26. The summed E-state index contributed by atoms with van der Waals surface area (Å²) < 4.78 is 18.6. The Kier molecular flexibility index (Phi) is 10.1. The number of nitrogens with zero attached hydrogens (tertiary/aromatic N) is 2. The summed E-state index contributed by atoms with van der Waals surface area (Å²) in [5.41, 5.74) is 6.16. The topological polar surface area (TPSA) is 87.9 Å². The number of nitrogens with two attached hydrogens (primary N) is 1. The van der Waals surface area contributed by atoms with Crippen LogP contribution in [0.25, 0.3) is 0 Å². The zero-order valence-corrected chi connectivity index (χ0v) is 17.1. The average molecular weight is 437 g/mol. The van der Waals surface area contributed by atoms with E-state index in [1.807, 2.05) is 4.90 Å². The molecule has 0 saturated carbocycles. The maximum atomic E-state index is 12.9. The van der Waals surface area contributed by atoms with Gasteiger partial charge in [0.25, 0.3) is 5.91 Å². The van der Waals surface area contributed by atoms with Crippen molar-refractivity contribution in [2.75, 3.05) is 44.6 Å². The van der Waals surface area contributed by atoms with E-state index in [1.165, 1.54) is 24.3 Å². The summed E-state index contributed by atoms with van der Waals surface area (Å²) in [4.78, 5) is 28.4. The van der Waals surface area contributed by atoms with Gasteiger partial charge in [0.15, 0.2) is 0 Å². The van der Waals surface area contributed by atoms with Crippen molar-refractivity contribution in [1.82, 2.24) is 9.80 Å². The monoisotopic (exact) mass is 436 g/mol. The lowest BCUT2D eigenvalue weighted by Gasteiger charge is -2.35. The Morgan fingerprint density at radius 3 is 2.32 bits per heavy atom. The number of piperazine rings is 1. The minimum atomic E-state index is -0.378. The van der Waals surface area contributed by atoms with Gasteiger partial charge in [0.1, 0.15) is 11.9 Å². The molecule has 2 heterocycles. The number of ether oxygens (including phenoxy) is 1. The van der Waals surface area contributed by atoms with Crippen LogP contribution in [-0.4, -0.2) is 73.1 Å². The summed E-state index contributed by atoms with van der Waals surface area (Å²) >= 11 is 0. The third kappa shape index (κ3) is 6.56. The van der Waals surface area contributed by atoms with E-state index in [9.17, 15) is 14.0 Å². The molecule has 1 aromatic rings. The van der Waals surface area contributed by atoms with Gasteiger partial charge >= 0.3 is 0 Å². The third-order valence-electron chi connectivity index (χ3n) is 4.83. The van der Waals surface area contributed by atoms with Gasteiger partial charge in [-0.05, 0) is 37.1 Å². The largest absolute Gasteiger partial charge is 0.364 e. The van der Waals surface area contributed by atoms with Crippen LogP contribution in [0.3, 0.4) is 0 Å². The van der Waals surface area contributed by atoms with Crippen molar-refractivity contribution in [3.8, 4) is 0 Å². The molecule has 2 atom stereocenters. The zero-order valence-electron chi connectivity index (χ0n) is 15.5. The lowest BCUT2D eigenvalue weighted by atomic mass is 10.1. The molecule has 0 radical (unpaired) electrons.